The topological polar surface area (TPSA) is 65.1 Å². The second kappa shape index (κ2) is 4.71. The quantitative estimate of drug-likeness (QED) is 0.606. The van der Waals surface area contributed by atoms with E-state index in [1.807, 2.05) is 0 Å². The fourth-order valence-corrected chi connectivity index (χ4v) is 1.41. The minimum Gasteiger partial charge on any atom is -0.493 e. The maximum Gasteiger partial charge on any atom is 0.410 e. The maximum absolute atomic E-state index is 12.7. The van der Waals surface area contributed by atoms with Crippen molar-refractivity contribution in [2.45, 2.75) is 25.7 Å². The third kappa shape index (κ3) is 2.27. The summed E-state index contributed by atoms with van der Waals surface area (Å²) in [5, 5.41) is 3.78. The third-order valence-corrected chi connectivity index (χ3v) is 2.13. The van der Waals surface area contributed by atoms with E-state index in [1.54, 1.807) is 12.3 Å². The molecule has 0 fully saturated rings. The zero-order chi connectivity index (χ0) is 12.3. The number of halogens is 3. The molecule has 16 heavy (non-hydrogen) atoms. The van der Waals surface area contributed by atoms with Crippen molar-refractivity contribution in [1.29, 1.82) is 0 Å². The molecular weight excluding hydrogens is 225 g/mol. The molecule has 0 spiro atoms. The van der Waals surface area contributed by atoms with Gasteiger partial charge < -0.3 is 4.74 Å². The Hall–Kier alpha value is -1.28. The third-order valence-electron chi connectivity index (χ3n) is 2.13. The first-order valence-corrected chi connectivity index (χ1v) is 4.58. The zero-order valence-electron chi connectivity index (χ0n) is 8.88. The number of nitrogens with one attached hydrogen (secondary N) is 1. The van der Waals surface area contributed by atoms with Gasteiger partial charge in [-0.05, 0) is 6.92 Å². The van der Waals surface area contributed by atoms with Crippen LogP contribution in [0.25, 0.3) is 0 Å². The van der Waals surface area contributed by atoms with Gasteiger partial charge in [-0.3, -0.25) is 10.5 Å². The van der Waals surface area contributed by atoms with Crippen LogP contribution >= 0.6 is 0 Å². The number of aryl methyl sites for hydroxylation is 1. The van der Waals surface area contributed by atoms with Gasteiger partial charge in [-0.2, -0.15) is 18.3 Å². The molecule has 1 rings (SSSR count). The zero-order valence-corrected chi connectivity index (χ0v) is 8.88. The average molecular weight is 238 g/mol. The lowest BCUT2D eigenvalue weighted by Crippen LogP contribution is -2.40. The van der Waals surface area contributed by atoms with E-state index in [0.29, 0.717) is 6.54 Å². The van der Waals surface area contributed by atoms with Gasteiger partial charge in [0.25, 0.3) is 0 Å². The molecule has 1 aromatic heterocycles. The Morgan fingerprint density at radius 2 is 2.25 bits per heavy atom. The SMILES string of the molecule is CCn1ncc(OC)c1C(NN)C(F)(F)F. The van der Waals surface area contributed by atoms with Crippen molar-refractivity contribution in [3.8, 4) is 5.75 Å². The Morgan fingerprint density at radius 1 is 1.62 bits per heavy atom. The van der Waals surface area contributed by atoms with E-state index in [0.717, 1.165) is 0 Å². The number of aromatic nitrogens is 2. The molecule has 0 saturated heterocycles. The molecule has 92 valence electrons. The molecule has 0 aliphatic rings. The lowest BCUT2D eigenvalue weighted by atomic mass is 10.2. The number of alkyl halides is 3. The summed E-state index contributed by atoms with van der Waals surface area (Å²) in [6.45, 7) is 1.98. The van der Waals surface area contributed by atoms with Crippen LogP contribution in [0.15, 0.2) is 6.20 Å². The molecule has 5 nitrogen and oxygen atoms in total. The van der Waals surface area contributed by atoms with Gasteiger partial charge >= 0.3 is 6.18 Å². The number of hydrogen-bond donors (Lipinski definition) is 2. The summed E-state index contributed by atoms with van der Waals surface area (Å²) in [4.78, 5) is 0. The van der Waals surface area contributed by atoms with Crippen molar-refractivity contribution in [2.24, 2.45) is 5.84 Å². The lowest BCUT2D eigenvalue weighted by Gasteiger charge is -2.21. The average Bonchev–Trinajstić information content (AvgIpc) is 2.60. The molecule has 8 heteroatoms. The number of hydrazine groups is 1. The van der Waals surface area contributed by atoms with Gasteiger partial charge in [-0.25, -0.2) is 5.43 Å². The largest absolute Gasteiger partial charge is 0.493 e. The predicted molar refractivity (Wildman–Crippen MR) is 50.6 cm³/mol. The Kier molecular flexibility index (Phi) is 3.76. The highest BCUT2D eigenvalue weighted by Crippen LogP contribution is 2.36. The molecular formula is C8H13F3N4O. The van der Waals surface area contributed by atoms with Crippen LogP contribution in [-0.4, -0.2) is 23.1 Å². The fraction of sp³-hybridized carbons (Fsp3) is 0.625. The molecule has 1 unspecified atom stereocenters. The summed E-state index contributed by atoms with van der Waals surface area (Å²) < 4.78 is 44.0. The molecule has 0 aliphatic heterocycles. The number of methoxy groups -OCH3 is 1. The summed E-state index contributed by atoms with van der Waals surface area (Å²) in [6.07, 6.45) is -3.27. The first kappa shape index (κ1) is 12.8. The van der Waals surface area contributed by atoms with Gasteiger partial charge in [0, 0.05) is 6.54 Å². The molecule has 0 bridgehead atoms. The summed E-state index contributed by atoms with van der Waals surface area (Å²) in [6, 6.07) is -2.00. The van der Waals surface area contributed by atoms with Crippen molar-refractivity contribution in [3.63, 3.8) is 0 Å². The van der Waals surface area contributed by atoms with Crippen LogP contribution in [0.1, 0.15) is 18.7 Å². The summed E-state index contributed by atoms with van der Waals surface area (Å²) >= 11 is 0. The fourth-order valence-electron chi connectivity index (χ4n) is 1.41. The van der Waals surface area contributed by atoms with Gasteiger partial charge in [0.15, 0.2) is 11.8 Å². The van der Waals surface area contributed by atoms with Crippen molar-refractivity contribution < 1.29 is 17.9 Å². The van der Waals surface area contributed by atoms with Crippen LogP contribution in [-0.2, 0) is 6.54 Å². The molecule has 0 radical (unpaired) electrons. The van der Waals surface area contributed by atoms with Crippen LogP contribution < -0.4 is 16.0 Å². The van der Waals surface area contributed by atoms with E-state index in [9.17, 15) is 13.2 Å². The lowest BCUT2D eigenvalue weighted by molar-refractivity contribution is -0.159. The summed E-state index contributed by atoms with van der Waals surface area (Å²) in [5.41, 5.74) is 1.60. The molecule has 1 heterocycles. The van der Waals surface area contributed by atoms with Crippen molar-refractivity contribution in [3.05, 3.63) is 11.9 Å². The van der Waals surface area contributed by atoms with Crippen LogP contribution in [0.5, 0.6) is 5.75 Å². The first-order valence-electron chi connectivity index (χ1n) is 4.58. The Bertz CT molecular complexity index is 328. The van der Waals surface area contributed by atoms with Crippen LogP contribution in [0.2, 0.25) is 0 Å². The van der Waals surface area contributed by atoms with Crippen molar-refractivity contribution in [2.75, 3.05) is 7.11 Å². The molecule has 0 saturated carbocycles. The summed E-state index contributed by atoms with van der Waals surface area (Å²) in [5.74, 6) is 4.99. The first-order chi connectivity index (χ1) is 7.45. The minimum absolute atomic E-state index is 0.0575. The molecule has 1 atom stereocenters. The number of ether oxygens (including phenoxy) is 1. The highest BCUT2D eigenvalue weighted by atomic mass is 19.4. The van der Waals surface area contributed by atoms with Gasteiger partial charge in [0.2, 0.25) is 0 Å². The number of nitrogens with two attached hydrogens (primary N) is 1. The monoisotopic (exact) mass is 238 g/mol. The standard InChI is InChI=1S/C8H13F3N4O/c1-3-15-6(5(16-2)4-13-15)7(14-12)8(9,10)11/h4,7,14H,3,12H2,1-2H3. The normalized spacial score (nSPS) is 13.9. The molecule has 0 aromatic carbocycles. The smallest absolute Gasteiger partial charge is 0.410 e. The van der Waals surface area contributed by atoms with E-state index >= 15 is 0 Å². The number of rotatable bonds is 4. The van der Waals surface area contributed by atoms with E-state index < -0.39 is 12.2 Å². The minimum atomic E-state index is -4.50. The maximum atomic E-state index is 12.7. The Labute approximate surface area is 90.3 Å². The molecule has 1 aromatic rings. The van der Waals surface area contributed by atoms with E-state index in [-0.39, 0.29) is 11.4 Å². The van der Waals surface area contributed by atoms with Gasteiger partial charge in [0.05, 0.1) is 13.3 Å². The van der Waals surface area contributed by atoms with Crippen LogP contribution in [0.3, 0.4) is 0 Å². The van der Waals surface area contributed by atoms with Crippen molar-refractivity contribution >= 4 is 0 Å². The molecule has 3 N–H and O–H groups in total. The second-order valence-electron chi connectivity index (χ2n) is 3.06. The second-order valence-corrected chi connectivity index (χ2v) is 3.06. The number of hydrogen-bond acceptors (Lipinski definition) is 4. The summed E-state index contributed by atoms with van der Waals surface area (Å²) in [7, 11) is 1.28. The molecule has 0 amide bonds. The highest BCUT2D eigenvalue weighted by molar-refractivity contribution is 5.29. The molecule has 0 aliphatic carbocycles. The van der Waals surface area contributed by atoms with Gasteiger partial charge in [-0.1, -0.05) is 0 Å². The van der Waals surface area contributed by atoms with E-state index in [1.165, 1.54) is 18.0 Å². The van der Waals surface area contributed by atoms with Crippen molar-refractivity contribution in [1.82, 2.24) is 15.2 Å². The van der Waals surface area contributed by atoms with Gasteiger partial charge in [-0.15, -0.1) is 0 Å². The van der Waals surface area contributed by atoms with E-state index in [4.69, 9.17) is 10.6 Å². The Balaban J connectivity index is 3.21. The van der Waals surface area contributed by atoms with E-state index in [2.05, 4.69) is 5.10 Å². The van der Waals surface area contributed by atoms with Crippen LogP contribution in [0.4, 0.5) is 13.2 Å². The predicted octanol–water partition coefficient (Wildman–Crippen LogP) is 0.978. The van der Waals surface area contributed by atoms with Gasteiger partial charge in [0.1, 0.15) is 5.69 Å². The highest BCUT2D eigenvalue weighted by Gasteiger charge is 2.43. The Morgan fingerprint density at radius 3 is 2.62 bits per heavy atom. The van der Waals surface area contributed by atoms with Crippen LogP contribution in [0, 0.1) is 0 Å². The number of nitrogens with zero attached hydrogens (tertiary/aromatic N) is 2.